The van der Waals surface area contributed by atoms with Crippen LogP contribution in [-0.4, -0.2) is 8.42 Å². The second kappa shape index (κ2) is 5.68. The van der Waals surface area contributed by atoms with Crippen LogP contribution in [0.15, 0.2) is 41.3 Å². The van der Waals surface area contributed by atoms with E-state index in [0.29, 0.717) is 6.07 Å². The third-order valence-electron chi connectivity index (χ3n) is 2.42. The Balaban J connectivity index is 2.40. The van der Waals surface area contributed by atoms with Gasteiger partial charge in [-0.3, -0.25) is 0 Å². The van der Waals surface area contributed by atoms with Gasteiger partial charge in [0.25, 0.3) is 0 Å². The van der Waals surface area contributed by atoms with Crippen molar-refractivity contribution in [3.05, 3.63) is 58.6 Å². The molecule has 0 fully saturated rings. The molecule has 2 rings (SSSR count). The minimum absolute atomic E-state index is 0.125. The molecule has 2 aromatic carbocycles. The van der Waals surface area contributed by atoms with Gasteiger partial charge in [0.15, 0.2) is 5.75 Å². The van der Waals surface area contributed by atoms with Crippen LogP contribution < -0.4 is 4.18 Å². The quantitative estimate of drug-likeness (QED) is 0.811. The van der Waals surface area contributed by atoms with Crippen LogP contribution in [0.4, 0.5) is 8.78 Å². The van der Waals surface area contributed by atoms with Gasteiger partial charge in [-0.2, -0.15) is 13.7 Å². The molecule has 0 spiro atoms. The molecule has 21 heavy (non-hydrogen) atoms. The summed E-state index contributed by atoms with van der Waals surface area (Å²) in [5.74, 6) is -2.46. The van der Waals surface area contributed by atoms with E-state index in [4.69, 9.17) is 21.0 Å². The number of hydrogen-bond donors (Lipinski definition) is 0. The van der Waals surface area contributed by atoms with E-state index in [9.17, 15) is 17.2 Å². The zero-order valence-electron chi connectivity index (χ0n) is 10.2. The molecule has 0 heterocycles. The Morgan fingerprint density at radius 1 is 1.14 bits per heavy atom. The van der Waals surface area contributed by atoms with Crippen molar-refractivity contribution in [2.24, 2.45) is 0 Å². The van der Waals surface area contributed by atoms with Crippen molar-refractivity contribution in [2.45, 2.75) is 4.90 Å². The third-order valence-corrected chi connectivity index (χ3v) is 3.99. The Morgan fingerprint density at radius 3 is 2.43 bits per heavy atom. The molecule has 0 aromatic heterocycles. The maximum absolute atomic E-state index is 13.5. The molecule has 0 bridgehead atoms. The molecule has 0 aliphatic carbocycles. The Hall–Kier alpha value is -2.17. The lowest BCUT2D eigenvalue weighted by Crippen LogP contribution is -2.12. The number of nitrogens with zero attached hydrogens (tertiary/aromatic N) is 1. The van der Waals surface area contributed by atoms with E-state index in [1.807, 2.05) is 6.07 Å². The molecule has 2 aromatic rings. The molecule has 0 saturated heterocycles. The van der Waals surface area contributed by atoms with E-state index in [-0.39, 0.29) is 16.3 Å². The van der Waals surface area contributed by atoms with Crippen LogP contribution >= 0.6 is 11.6 Å². The van der Waals surface area contributed by atoms with Crippen LogP contribution in [0.25, 0.3) is 0 Å². The standard InChI is InChI=1S/C13H6ClF2NO3S/c14-10-5-8(7-17)1-3-12(10)20-21(18,19)13-4-2-9(15)6-11(13)16/h1-6H. The lowest BCUT2D eigenvalue weighted by atomic mass is 10.2. The molecule has 4 nitrogen and oxygen atoms in total. The minimum atomic E-state index is -4.51. The molecule has 0 aliphatic heterocycles. The highest BCUT2D eigenvalue weighted by atomic mass is 35.5. The summed E-state index contributed by atoms with van der Waals surface area (Å²) in [6.45, 7) is 0. The number of rotatable bonds is 3. The first-order chi connectivity index (χ1) is 9.83. The highest BCUT2D eigenvalue weighted by molar-refractivity contribution is 7.87. The Morgan fingerprint density at radius 2 is 1.86 bits per heavy atom. The molecule has 108 valence electrons. The van der Waals surface area contributed by atoms with Gasteiger partial charge in [-0.15, -0.1) is 0 Å². The number of benzene rings is 2. The first-order valence-electron chi connectivity index (χ1n) is 5.42. The molecular weight excluding hydrogens is 324 g/mol. The van der Waals surface area contributed by atoms with Gasteiger partial charge in [-0.05, 0) is 30.3 Å². The Kier molecular flexibility index (Phi) is 4.11. The molecule has 0 unspecified atom stereocenters. The van der Waals surface area contributed by atoms with E-state index >= 15 is 0 Å². The zero-order valence-corrected chi connectivity index (χ0v) is 11.8. The number of nitriles is 1. The second-order valence-corrected chi connectivity index (χ2v) is 5.79. The predicted octanol–water partition coefficient (Wildman–Crippen LogP) is 3.26. The summed E-state index contributed by atoms with van der Waals surface area (Å²) in [7, 11) is -4.51. The SMILES string of the molecule is N#Cc1ccc(OS(=O)(=O)c2ccc(F)cc2F)c(Cl)c1. The molecule has 0 radical (unpaired) electrons. The van der Waals surface area contributed by atoms with E-state index in [1.54, 1.807) is 0 Å². The summed E-state index contributed by atoms with van der Waals surface area (Å²) in [4.78, 5) is -0.815. The smallest absolute Gasteiger partial charge is 0.342 e. The summed E-state index contributed by atoms with van der Waals surface area (Å²) in [5.41, 5.74) is 0.206. The van der Waals surface area contributed by atoms with Gasteiger partial charge in [-0.1, -0.05) is 11.6 Å². The molecule has 0 N–H and O–H groups in total. The maximum atomic E-state index is 13.5. The fourth-order valence-electron chi connectivity index (χ4n) is 1.48. The fourth-order valence-corrected chi connectivity index (χ4v) is 2.75. The molecular formula is C13H6ClF2NO3S. The first kappa shape index (κ1) is 15.2. The predicted molar refractivity (Wildman–Crippen MR) is 70.3 cm³/mol. The lowest BCUT2D eigenvalue weighted by molar-refractivity contribution is 0.474. The Labute approximate surface area is 124 Å². The van der Waals surface area contributed by atoms with Crippen LogP contribution in [0.5, 0.6) is 5.75 Å². The molecule has 0 aliphatic rings. The van der Waals surface area contributed by atoms with E-state index in [0.717, 1.165) is 12.1 Å². The average molecular weight is 330 g/mol. The van der Waals surface area contributed by atoms with Crippen molar-refractivity contribution in [1.29, 1.82) is 5.26 Å². The highest BCUT2D eigenvalue weighted by Gasteiger charge is 2.23. The van der Waals surface area contributed by atoms with Crippen molar-refractivity contribution in [1.82, 2.24) is 0 Å². The first-order valence-corrected chi connectivity index (χ1v) is 7.21. The van der Waals surface area contributed by atoms with Crippen LogP contribution in [0, 0.1) is 23.0 Å². The normalized spacial score (nSPS) is 11.0. The van der Waals surface area contributed by atoms with Gasteiger partial charge in [0.1, 0.15) is 16.5 Å². The van der Waals surface area contributed by atoms with Gasteiger partial charge in [0.05, 0.1) is 16.7 Å². The summed E-state index contributed by atoms with van der Waals surface area (Å²) in [6.07, 6.45) is 0. The van der Waals surface area contributed by atoms with E-state index < -0.39 is 26.6 Å². The monoisotopic (exact) mass is 329 g/mol. The van der Waals surface area contributed by atoms with Crippen molar-refractivity contribution < 1.29 is 21.4 Å². The lowest BCUT2D eigenvalue weighted by Gasteiger charge is -2.09. The van der Waals surface area contributed by atoms with Crippen LogP contribution in [0.3, 0.4) is 0 Å². The van der Waals surface area contributed by atoms with Crippen molar-refractivity contribution in [3.8, 4) is 11.8 Å². The topological polar surface area (TPSA) is 67.2 Å². The van der Waals surface area contributed by atoms with Gasteiger partial charge in [0.2, 0.25) is 0 Å². The Bertz CT molecular complexity index is 847. The van der Waals surface area contributed by atoms with Crippen molar-refractivity contribution in [2.75, 3.05) is 0 Å². The highest BCUT2D eigenvalue weighted by Crippen LogP contribution is 2.29. The summed E-state index contributed by atoms with van der Waals surface area (Å²) >= 11 is 5.77. The number of hydrogen-bond acceptors (Lipinski definition) is 4. The van der Waals surface area contributed by atoms with Gasteiger partial charge < -0.3 is 4.18 Å². The van der Waals surface area contributed by atoms with Gasteiger partial charge in [0, 0.05) is 6.07 Å². The maximum Gasteiger partial charge on any atom is 0.342 e. The molecule has 8 heteroatoms. The minimum Gasteiger partial charge on any atom is -0.377 e. The average Bonchev–Trinajstić information content (AvgIpc) is 2.40. The molecule has 0 atom stereocenters. The van der Waals surface area contributed by atoms with Gasteiger partial charge >= 0.3 is 10.1 Å². The summed E-state index contributed by atoms with van der Waals surface area (Å²) in [5, 5.41) is 8.55. The molecule has 0 amide bonds. The van der Waals surface area contributed by atoms with Crippen LogP contribution in [-0.2, 0) is 10.1 Å². The van der Waals surface area contributed by atoms with Crippen molar-refractivity contribution >= 4 is 21.7 Å². The van der Waals surface area contributed by atoms with Gasteiger partial charge in [-0.25, -0.2) is 8.78 Å². The summed E-state index contributed by atoms with van der Waals surface area (Å²) < 4.78 is 54.8. The van der Waals surface area contributed by atoms with Crippen LogP contribution in [0.1, 0.15) is 5.56 Å². The van der Waals surface area contributed by atoms with Crippen molar-refractivity contribution in [3.63, 3.8) is 0 Å². The van der Waals surface area contributed by atoms with E-state index in [1.165, 1.54) is 18.2 Å². The fraction of sp³-hybridized carbons (Fsp3) is 0. The zero-order chi connectivity index (χ0) is 15.6. The van der Waals surface area contributed by atoms with Crippen LogP contribution in [0.2, 0.25) is 5.02 Å². The molecule has 0 saturated carbocycles. The second-order valence-electron chi connectivity index (χ2n) is 3.87. The largest absolute Gasteiger partial charge is 0.377 e. The number of halogens is 3. The summed E-state index contributed by atoms with van der Waals surface area (Å²) in [6, 6.07) is 7.44. The van der Waals surface area contributed by atoms with E-state index in [2.05, 4.69) is 0 Å². The third kappa shape index (κ3) is 3.29.